The number of fused-ring (bicyclic) bond motifs is 2. The fourth-order valence-electron chi connectivity index (χ4n) is 5.33. The average molecular weight is 538 g/mol. The highest BCUT2D eigenvalue weighted by Crippen LogP contribution is 2.36. The number of methoxy groups -OCH3 is 2. The second-order valence-corrected chi connectivity index (χ2v) is 9.70. The third-order valence-electron chi connectivity index (χ3n) is 7.31. The Bertz CT molecular complexity index is 1640. The van der Waals surface area contributed by atoms with Crippen molar-refractivity contribution in [1.82, 2.24) is 9.88 Å². The molecule has 0 bridgehead atoms. The van der Waals surface area contributed by atoms with Gasteiger partial charge in [-0.25, -0.2) is 4.98 Å². The van der Waals surface area contributed by atoms with E-state index in [9.17, 15) is 4.79 Å². The van der Waals surface area contributed by atoms with Gasteiger partial charge in [-0.15, -0.1) is 0 Å². The van der Waals surface area contributed by atoms with Crippen LogP contribution in [0.25, 0.3) is 21.7 Å². The summed E-state index contributed by atoms with van der Waals surface area (Å²) in [5, 5.41) is 2.75. The minimum atomic E-state index is -0.0844. The van der Waals surface area contributed by atoms with E-state index in [4.69, 9.17) is 23.6 Å². The van der Waals surface area contributed by atoms with Crippen LogP contribution in [0.4, 0.5) is 5.82 Å². The number of carbonyl (C=O) groups excluding carboxylic acids is 1. The lowest BCUT2D eigenvalue weighted by atomic mass is 10.0. The van der Waals surface area contributed by atoms with Gasteiger partial charge in [0.05, 0.1) is 46.8 Å². The van der Waals surface area contributed by atoms with E-state index in [0.29, 0.717) is 67.7 Å². The second kappa shape index (κ2) is 11.3. The summed E-state index contributed by atoms with van der Waals surface area (Å²) < 4.78 is 22.7. The second-order valence-electron chi connectivity index (χ2n) is 9.70. The van der Waals surface area contributed by atoms with Crippen LogP contribution >= 0.6 is 0 Å². The Labute approximate surface area is 232 Å². The zero-order valence-corrected chi connectivity index (χ0v) is 22.6. The number of ether oxygens (including phenoxy) is 3. The lowest BCUT2D eigenvalue weighted by Crippen LogP contribution is -2.38. The fourth-order valence-corrected chi connectivity index (χ4v) is 5.33. The van der Waals surface area contributed by atoms with Crippen LogP contribution in [0, 0.1) is 0 Å². The normalized spacial score (nSPS) is 13.5. The summed E-state index contributed by atoms with van der Waals surface area (Å²) in [5.41, 5.74) is 2.26. The molecule has 1 fully saturated rings. The number of hydrogen-bond acceptors (Lipinski definition) is 7. The molecule has 0 unspecified atom stereocenters. The zero-order chi connectivity index (χ0) is 27.5. The zero-order valence-electron chi connectivity index (χ0n) is 22.6. The SMILES string of the molecule is COc1ccc(OC)c2nc(N3CCOCC3)c(CN(Cc3ccco3)C(=O)c3cccc4ccccc34)cc12. The van der Waals surface area contributed by atoms with Crippen molar-refractivity contribution in [2.24, 2.45) is 0 Å². The third kappa shape index (κ3) is 4.94. The molecule has 0 saturated carbocycles. The van der Waals surface area contributed by atoms with Crippen molar-refractivity contribution in [3.63, 3.8) is 0 Å². The van der Waals surface area contributed by atoms with E-state index in [2.05, 4.69) is 11.0 Å². The van der Waals surface area contributed by atoms with E-state index in [1.54, 1.807) is 20.5 Å². The van der Waals surface area contributed by atoms with E-state index in [1.807, 2.05) is 71.6 Å². The van der Waals surface area contributed by atoms with Gasteiger partial charge in [-0.3, -0.25) is 4.79 Å². The van der Waals surface area contributed by atoms with Crippen LogP contribution < -0.4 is 14.4 Å². The molecule has 1 saturated heterocycles. The summed E-state index contributed by atoms with van der Waals surface area (Å²) in [6.45, 7) is 3.25. The number of carbonyl (C=O) groups is 1. The minimum absolute atomic E-state index is 0.0844. The van der Waals surface area contributed by atoms with Crippen LogP contribution in [-0.4, -0.2) is 56.3 Å². The number of furan rings is 1. The molecule has 2 aromatic heterocycles. The van der Waals surface area contributed by atoms with Gasteiger partial charge in [0.2, 0.25) is 0 Å². The number of hydrogen-bond donors (Lipinski definition) is 0. The highest BCUT2D eigenvalue weighted by molar-refractivity contribution is 6.07. The maximum absolute atomic E-state index is 14.2. The van der Waals surface area contributed by atoms with Gasteiger partial charge in [-0.1, -0.05) is 36.4 Å². The van der Waals surface area contributed by atoms with Gasteiger partial charge in [0.15, 0.2) is 0 Å². The largest absolute Gasteiger partial charge is 0.496 e. The van der Waals surface area contributed by atoms with Crippen molar-refractivity contribution in [3.8, 4) is 11.5 Å². The van der Waals surface area contributed by atoms with Gasteiger partial charge in [0.1, 0.15) is 28.6 Å². The highest BCUT2D eigenvalue weighted by Gasteiger charge is 2.25. The minimum Gasteiger partial charge on any atom is -0.496 e. The first-order chi connectivity index (χ1) is 19.7. The number of aromatic nitrogens is 1. The van der Waals surface area contributed by atoms with Crippen molar-refractivity contribution in [2.45, 2.75) is 13.1 Å². The van der Waals surface area contributed by atoms with E-state index < -0.39 is 0 Å². The number of rotatable bonds is 8. The molecular formula is C32H31N3O5. The number of amides is 1. The summed E-state index contributed by atoms with van der Waals surface area (Å²) >= 11 is 0. The van der Waals surface area contributed by atoms with Gasteiger partial charge in [0.25, 0.3) is 5.91 Å². The van der Waals surface area contributed by atoms with E-state index in [0.717, 1.165) is 27.5 Å². The first-order valence-corrected chi connectivity index (χ1v) is 13.3. The Morgan fingerprint density at radius 1 is 0.900 bits per heavy atom. The molecule has 6 rings (SSSR count). The number of benzene rings is 3. The van der Waals surface area contributed by atoms with Crippen molar-refractivity contribution < 1.29 is 23.4 Å². The Morgan fingerprint density at radius 2 is 1.68 bits per heavy atom. The topological polar surface area (TPSA) is 77.3 Å². The molecule has 5 aromatic rings. The molecule has 8 heteroatoms. The highest BCUT2D eigenvalue weighted by atomic mass is 16.5. The van der Waals surface area contributed by atoms with E-state index in [1.165, 1.54) is 0 Å². The predicted octanol–water partition coefficient (Wildman–Crippen LogP) is 5.68. The van der Waals surface area contributed by atoms with Gasteiger partial charge >= 0.3 is 0 Å². The van der Waals surface area contributed by atoms with Gasteiger partial charge < -0.3 is 28.4 Å². The van der Waals surface area contributed by atoms with Crippen molar-refractivity contribution >= 4 is 33.4 Å². The Morgan fingerprint density at radius 3 is 2.45 bits per heavy atom. The smallest absolute Gasteiger partial charge is 0.255 e. The molecule has 3 heterocycles. The standard InChI is InChI=1S/C32H31N3O5/c1-37-28-12-13-29(38-2)30-27(28)19-23(31(33-30)34-14-17-39-18-15-34)20-35(21-24-9-6-16-40-24)32(36)26-11-5-8-22-7-3-4-10-25(22)26/h3-13,16,19H,14-15,17-18,20-21H2,1-2H3. The summed E-state index contributed by atoms with van der Waals surface area (Å²) in [5.74, 6) is 2.78. The molecule has 0 atom stereocenters. The van der Waals surface area contributed by atoms with Crippen molar-refractivity contribution in [3.05, 3.63) is 95.9 Å². The molecular weight excluding hydrogens is 506 g/mol. The Hall–Kier alpha value is -4.56. The molecule has 0 N–H and O–H groups in total. The number of nitrogens with zero attached hydrogens (tertiary/aromatic N) is 3. The maximum Gasteiger partial charge on any atom is 0.255 e. The third-order valence-corrected chi connectivity index (χ3v) is 7.31. The molecule has 8 nitrogen and oxygen atoms in total. The molecule has 204 valence electrons. The molecule has 1 aliphatic heterocycles. The summed E-state index contributed by atoms with van der Waals surface area (Å²) in [6.07, 6.45) is 1.63. The lowest BCUT2D eigenvalue weighted by molar-refractivity contribution is 0.0719. The van der Waals surface area contributed by atoms with Crippen LogP contribution in [-0.2, 0) is 17.8 Å². The van der Waals surface area contributed by atoms with Crippen LogP contribution in [0.5, 0.6) is 11.5 Å². The average Bonchev–Trinajstić information content (AvgIpc) is 3.53. The summed E-state index contributed by atoms with van der Waals surface area (Å²) in [7, 11) is 3.28. The van der Waals surface area contributed by atoms with Crippen LogP contribution in [0.3, 0.4) is 0 Å². The number of pyridine rings is 1. The summed E-state index contributed by atoms with van der Waals surface area (Å²) in [4.78, 5) is 23.4. The first-order valence-electron chi connectivity index (χ1n) is 13.3. The number of morpholine rings is 1. The summed E-state index contributed by atoms with van der Waals surface area (Å²) in [6, 6.07) is 23.3. The Kier molecular flexibility index (Phi) is 7.25. The molecule has 1 aliphatic rings. The van der Waals surface area contributed by atoms with Crippen molar-refractivity contribution in [1.29, 1.82) is 0 Å². The van der Waals surface area contributed by atoms with Gasteiger partial charge in [0, 0.05) is 29.6 Å². The van der Waals surface area contributed by atoms with E-state index in [-0.39, 0.29) is 5.91 Å². The van der Waals surface area contributed by atoms with Crippen molar-refractivity contribution in [2.75, 3.05) is 45.4 Å². The van der Waals surface area contributed by atoms with E-state index >= 15 is 0 Å². The number of anilines is 1. The molecule has 40 heavy (non-hydrogen) atoms. The Balaban J connectivity index is 1.49. The monoisotopic (exact) mass is 537 g/mol. The lowest BCUT2D eigenvalue weighted by Gasteiger charge is -2.31. The molecule has 1 amide bonds. The molecule has 0 spiro atoms. The van der Waals surface area contributed by atoms with Gasteiger partial charge in [-0.2, -0.15) is 0 Å². The molecule has 3 aromatic carbocycles. The van der Waals surface area contributed by atoms with Crippen LogP contribution in [0.1, 0.15) is 21.7 Å². The van der Waals surface area contributed by atoms with Crippen LogP contribution in [0.2, 0.25) is 0 Å². The molecule has 0 aliphatic carbocycles. The fraction of sp³-hybridized carbons (Fsp3) is 0.250. The van der Waals surface area contributed by atoms with Crippen LogP contribution in [0.15, 0.2) is 83.5 Å². The molecule has 0 radical (unpaired) electrons. The maximum atomic E-state index is 14.2. The quantitative estimate of drug-likeness (QED) is 0.252. The predicted molar refractivity (Wildman–Crippen MR) is 154 cm³/mol. The first kappa shape index (κ1) is 25.7. The van der Waals surface area contributed by atoms with Gasteiger partial charge in [-0.05, 0) is 47.2 Å².